The maximum absolute atomic E-state index is 14.3. The van der Waals surface area contributed by atoms with Gasteiger partial charge < -0.3 is 25.4 Å². The van der Waals surface area contributed by atoms with Gasteiger partial charge in [0.15, 0.2) is 5.65 Å². The number of hydrogen-bond acceptors (Lipinski definition) is 8. The zero-order valence-corrected chi connectivity index (χ0v) is 26.6. The number of primary amides is 1. The minimum absolute atomic E-state index is 0.0205. The first kappa shape index (κ1) is 31.8. The lowest BCUT2D eigenvalue weighted by atomic mass is 9.90. The molecule has 13 nitrogen and oxygen atoms in total. The third-order valence-corrected chi connectivity index (χ3v) is 9.53. The Morgan fingerprint density at radius 3 is 2.50 bits per heavy atom. The Hall–Kier alpha value is -4.14. The second-order valence-electron chi connectivity index (χ2n) is 13.4. The van der Waals surface area contributed by atoms with Gasteiger partial charge in [0.05, 0.1) is 31.1 Å². The van der Waals surface area contributed by atoms with E-state index in [1.807, 2.05) is 26.8 Å². The smallest absolute Gasteiger partial charge is 0.407 e. The molecular weight excluding hydrogens is 595 g/mol. The molecule has 0 unspecified atom stereocenters. The van der Waals surface area contributed by atoms with Gasteiger partial charge in [-0.05, 0) is 37.6 Å². The summed E-state index contributed by atoms with van der Waals surface area (Å²) in [6.45, 7) is 11.7. The van der Waals surface area contributed by atoms with Crippen molar-refractivity contribution in [3.8, 4) is 0 Å². The lowest BCUT2D eigenvalue weighted by Gasteiger charge is -2.47. The van der Waals surface area contributed by atoms with Crippen molar-refractivity contribution < 1.29 is 28.6 Å². The topological polar surface area (TPSA) is 150 Å². The van der Waals surface area contributed by atoms with Crippen LogP contribution in [0.5, 0.6) is 0 Å². The molecule has 3 amide bonds. The quantitative estimate of drug-likeness (QED) is 0.397. The molecule has 14 heteroatoms. The third kappa shape index (κ3) is 5.92. The lowest BCUT2D eigenvalue weighted by molar-refractivity contribution is -0.121. The summed E-state index contributed by atoms with van der Waals surface area (Å²) in [6.07, 6.45) is -0.601. The molecule has 3 aliphatic rings. The van der Waals surface area contributed by atoms with E-state index in [0.717, 1.165) is 12.1 Å². The molecule has 3 N–H and O–H groups in total. The number of carbonyl (C=O) groups is 3. The van der Waals surface area contributed by atoms with Crippen LogP contribution in [0.3, 0.4) is 0 Å². The molecule has 3 atom stereocenters. The molecule has 246 valence electrons. The van der Waals surface area contributed by atoms with Crippen molar-refractivity contribution in [2.24, 2.45) is 5.73 Å². The van der Waals surface area contributed by atoms with Crippen LogP contribution < -0.4 is 10.6 Å². The maximum Gasteiger partial charge on any atom is 0.407 e. The first-order valence-corrected chi connectivity index (χ1v) is 15.7. The van der Waals surface area contributed by atoms with E-state index >= 15 is 0 Å². The zero-order chi connectivity index (χ0) is 32.9. The number of carboxylic acid groups (broad SMARTS) is 1. The zero-order valence-electron chi connectivity index (χ0n) is 26.6. The van der Waals surface area contributed by atoms with E-state index in [-0.39, 0.29) is 42.2 Å². The molecule has 0 saturated carbocycles. The van der Waals surface area contributed by atoms with Gasteiger partial charge in [-0.1, -0.05) is 26.0 Å². The van der Waals surface area contributed by atoms with Gasteiger partial charge >= 0.3 is 6.09 Å². The van der Waals surface area contributed by atoms with E-state index in [0.29, 0.717) is 68.4 Å². The number of aromatic nitrogens is 3. The minimum atomic E-state index is -0.967. The molecule has 0 radical (unpaired) electrons. The Bertz CT molecular complexity index is 1660. The van der Waals surface area contributed by atoms with Gasteiger partial charge in [0.25, 0.3) is 5.91 Å². The van der Waals surface area contributed by atoms with Gasteiger partial charge in [-0.15, -0.1) is 10.2 Å². The summed E-state index contributed by atoms with van der Waals surface area (Å²) in [7, 11) is 0. The molecule has 6 rings (SSSR count). The summed E-state index contributed by atoms with van der Waals surface area (Å²) in [4.78, 5) is 46.5. The number of ether oxygens (including phenoxy) is 1. The molecule has 3 aliphatic heterocycles. The van der Waals surface area contributed by atoms with Crippen LogP contribution in [0.1, 0.15) is 55.1 Å². The number of nitrogens with two attached hydrogens (primary N) is 1. The number of hydrogen-bond donors (Lipinski definition) is 2. The fourth-order valence-electron chi connectivity index (χ4n) is 7.17. The van der Waals surface area contributed by atoms with E-state index in [9.17, 15) is 23.9 Å². The standard InChI is InChI=1S/C32H41FN8O5/c1-19-13-38(24(15-39(19)31(44)45)14-37-9-10-46-17-20(37)2)16-26(42)40-18-32(3,4)27-25(40)12-22(11-21-5-7-23(33)8-6-21)29-35-36-30(28(34)43)41(27)29/h5-8,12,19-20,24H,9-11,13-18H2,1-4H3,(H2,34,43)(H,44,45)/t19-,20-,24+/m1/s1. The largest absolute Gasteiger partial charge is 0.465 e. The SMILES string of the molecule is C[C@@H]1COCCN1C[C@H]1CN(C(=O)O)[C@H](C)CN1CC(=O)N1CC(C)(C)c2c1cc(Cc1ccc(F)cc1)c1nnc(C(N)=O)n21. The molecule has 0 bridgehead atoms. The molecule has 46 heavy (non-hydrogen) atoms. The number of halogens is 1. The molecular formula is C32H41FN8O5. The van der Waals surface area contributed by atoms with Crippen molar-refractivity contribution in [2.75, 3.05) is 57.4 Å². The molecule has 2 saturated heterocycles. The van der Waals surface area contributed by atoms with Gasteiger partial charge in [0.2, 0.25) is 11.7 Å². The Morgan fingerprint density at radius 2 is 1.83 bits per heavy atom. The summed E-state index contributed by atoms with van der Waals surface area (Å²) in [5.74, 6) is -1.24. The van der Waals surface area contributed by atoms with Crippen LogP contribution >= 0.6 is 0 Å². The van der Waals surface area contributed by atoms with Crippen molar-refractivity contribution in [1.29, 1.82) is 0 Å². The molecule has 5 heterocycles. The van der Waals surface area contributed by atoms with Crippen molar-refractivity contribution >= 4 is 29.2 Å². The molecule has 1 aromatic carbocycles. The predicted octanol–water partition coefficient (Wildman–Crippen LogP) is 1.96. The van der Waals surface area contributed by atoms with Gasteiger partial charge in [0.1, 0.15) is 5.82 Å². The Morgan fingerprint density at radius 1 is 1.09 bits per heavy atom. The Labute approximate surface area is 266 Å². The van der Waals surface area contributed by atoms with Crippen LogP contribution in [0.4, 0.5) is 14.9 Å². The van der Waals surface area contributed by atoms with Crippen LogP contribution in [0.25, 0.3) is 5.65 Å². The summed E-state index contributed by atoms with van der Waals surface area (Å²) in [5, 5.41) is 18.3. The van der Waals surface area contributed by atoms with E-state index < -0.39 is 17.4 Å². The number of benzene rings is 1. The second kappa shape index (κ2) is 12.2. The van der Waals surface area contributed by atoms with Gasteiger partial charge in [-0.25, -0.2) is 9.18 Å². The maximum atomic E-state index is 14.3. The van der Waals surface area contributed by atoms with Crippen LogP contribution in [0, 0.1) is 5.82 Å². The fourth-order valence-corrected chi connectivity index (χ4v) is 7.17. The fraction of sp³-hybridized carbons (Fsp3) is 0.531. The highest BCUT2D eigenvalue weighted by atomic mass is 19.1. The van der Waals surface area contributed by atoms with Crippen LogP contribution in [0.2, 0.25) is 0 Å². The van der Waals surface area contributed by atoms with Crippen molar-refractivity contribution in [3.05, 3.63) is 58.8 Å². The van der Waals surface area contributed by atoms with E-state index in [2.05, 4.69) is 26.9 Å². The summed E-state index contributed by atoms with van der Waals surface area (Å²) >= 11 is 0. The number of pyridine rings is 1. The number of fused-ring (bicyclic) bond motifs is 3. The summed E-state index contributed by atoms with van der Waals surface area (Å²) in [6, 6.07) is 7.76. The van der Waals surface area contributed by atoms with E-state index in [1.165, 1.54) is 17.0 Å². The molecule has 2 fully saturated rings. The molecule has 2 aromatic heterocycles. The minimum Gasteiger partial charge on any atom is -0.465 e. The average Bonchev–Trinajstić information content (AvgIpc) is 3.55. The number of piperazine rings is 1. The summed E-state index contributed by atoms with van der Waals surface area (Å²) in [5.41, 5.74) is 8.50. The van der Waals surface area contributed by atoms with E-state index in [4.69, 9.17) is 10.5 Å². The molecule has 0 aliphatic carbocycles. The van der Waals surface area contributed by atoms with Crippen molar-refractivity contribution in [2.45, 2.75) is 57.7 Å². The number of nitrogens with zero attached hydrogens (tertiary/aromatic N) is 7. The first-order chi connectivity index (χ1) is 21.8. The Balaban J connectivity index is 1.35. The monoisotopic (exact) mass is 636 g/mol. The third-order valence-electron chi connectivity index (χ3n) is 9.53. The highest BCUT2D eigenvalue weighted by Gasteiger charge is 2.44. The van der Waals surface area contributed by atoms with Crippen molar-refractivity contribution in [3.63, 3.8) is 0 Å². The highest BCUT2D eigenvalue weighted by Crippen LogP contribution is 2.43. The van der Waals surface area contributed by atoms with Gasteiger partial charge in [-0.2, -0.15) is 0 Å². The first-order valence-electron chi connectivity index (χ1n) is 15.7. The second-order valence-corrected chi connectivity index (χ2v) is 13.4. The van der Waals surface area contributed by atoms with Crippen LogP contribution in [0.15, 0.2) is 30.3 Å². The van der Waals surface area contributed by atoms with Crippen LogP contribution in [-0.2, 0) is 21.4 Å². The predicted molar refractivity (Wildman–Crippen MR) is 167 cm³/mol. The summed E-state index contributed by atoms with van der Waals surface area (Å²) < 4.78 is 20.9. The normalized spacial score (nSPS) is 23.5. The molecule has 3 aromatic rings. The van der Waals surface area contributed by atoms with E-state index in [1.54, 1.807) is 21.4 Å². The van der Waals surface area contributed by atoms with Gasteiger partial charge in [0, 0.05) is 68.2 Å². The number of anilines is 1. The van der Waals surface area contributed by atoms with Gasteiger partial charge in [-0.3, -0.25) is 23.8 Å². The molecule has 0 spiro atoms. The number of rotatable bonds is 7. The van der Waals surface area contributed by atoms with Crippen LogP contribution in [-0.4, -0.2) is 123 Å². The lowest BCUT2D eigenvalue weighted by Crippen LogP contribution is -2.64. The number of morpholine rings is 1. The Kier molecular flexibility index (Phi) is 8.46. The van der Waals surface area contributed by atoms with Crippen molar-refractivity contribution in [1.82, 2.24) is 29.3 Å². The number of amides is 3. The average molecular weight is 637 g/mol. The highest BCUT2D eigenvalue weighted by molar-refractivity contribution is 5.98. The number of carbonyl (C=O) groups excluding carboxylic acids is 2.